The summed E-state index contributed by atoms with van der Waals surface area (Å²) in [6.07, 6.45) is 7.96. The zero-order valence-electron chi connectivity index (χ0n) is 15.6. The average Bonchev–Trinajstić information content (AvgIpc) is 3.37. The van der Waals surface area contributed by atoms with Crippen LogP contribution in [0.1, 0.15) is 44.6 Å². The Balaban J connectivity index is 1.51. The van der Waals surface area contributed by atoms with Crippen molar-refractivity contribution in [1.29, 1.82) is 0 Å². The third kappa shape index (κ3) is 6.19. The number of hydrogen-bond acceptors (Lipinski definition) is 6. The van der Waals surface area contributed by atoms with E-state index < -0.39 is 0 Å². The quantitative estimate of drug-likeness (QED) is 0.222. The lowest BCUT2D eigenvalue weighted by Crippen LogP contribution is -2.00. The number of benzene rings is 1. The molecule has 0 saturated carbocycles. The van der Waals surface area contributed by atoms with Crippen molar-refractivity contribution in [2.24, 2.45) is 5.10 Å². The molecule has 0 unspecified atom stereocenters. The van der Waals surface area contributed by atoms with Gasteiger partial charge in [-0.25, -0.2) is 4.98 Å². The van der Waals surface area contributed by atoms with Crippen molar-refractivity contribution in [2.75, 3.05) is 12.0 Å². The molecule has 0 atom stereocenters. The lowest BCUT2D eigenvalue weighted by Gasteiger charge is -2.08. The first kappa shape index (κ1) is 19.6. The van der Waals surface area contributed by atoms with E-state index >= 15 is 0 Å². The Morgan fingerprint density at radius 2 is 1.96 bits per heavy atom. The van der Waals surface area contributed by atoms with Crippen molar-refractivity contribution < 1.29 is 4.74 Å². The molecular formula is C21H25N3OS2. The van der Waals surface area contributed by atoms with E-state index in [2.05, 4.69) is 33.9 Å². The number of aromatic nitrogens is 1. The topological polar surface area (TPSA) is 46.5 Å². The van der Waals surface area contributed by atoms with Gasteiger partial charge in [0.1, 0.15) is 5.75 Å². The van der Waals surface area contributed by atoms with E-state index in [1.165, 1.54) is 30.6 Å². The number of hydrogen-bond donors (Lipinski definition) is 1. The molecule has 1 aromatic carbocycles. The largest absolute Gasteiger partial charge is 0.493 e. The van der Waals surface area contributed by atoms with Crippen LogP contribution in [-0.4, -0.2) is 17.8 Å². The lowest BCUT2D eigenvalue weighted by atomic mass is 10.2. The van der Waals surface area contributed by atoms with Gasteiger partial charge in [-0.1, -0.05) is 50.8 Å². The van der Waals surface area contributed by atoms with Crippen LogP contribution in [0.3, 0.4) is 0 Å². The normalized spacial score (nSPS) is 11.1. The molecule has 0 amide bonds. The molecule has 0 aliphatic heterocycles. The van der Waals surface area contributed by atoms with Gasteiger partial charge in [0.05, 0.1) is 23.4 Å². The van der Waals surface area contributed by atoms with Crippen LogP contribution < -0.4 is 10.2 Å². The van der Waals surface area contributed by atoms with E-state index in [-0.39, 0.29) is 0 Å². The lowest BCUT2D eigenvalue weighted by molar-refractivity contribution is 0.304. The number of anilines is 1. The minimum Gasteiger partial charge on any atom is -0.493 e. The molecule has 2 heterocycles. The maximum atomic E-state index is 5.94. The maximum Gasteiger partial charge on any atom is 0.203 e. The molecule has 0 aliphatic carbocycles. The molecule has 0 aliphatic rings. The van der Waals surface area contributed by atoms with E-state index in [9.17, 15) is 0 Å². The highest BCUT2D eigenvalue weighted by molar-refractivity contribution is 7.15. The number of nitrogens with one attached hydrogen (secondary N) is 1. The first-order valence-electron chi connectivity index (χ1n) is 9.37. The van der Waals surface area contributed by atoms with Gasteiger partial charge >= 0.3 is 0 Å². The Hall–Kier alpha value is -2.18. The fraction of sp³-hybridized carbons (Fsp3) is 0.333. The molecule has 2 aromatic heterocycles. The molecule has 1 N–H and O–H groups in total. The molecule has 6 heteroatoms. The van der Waals surface area contributed by atoms with E-state index in [1.54, 1.807) is 28.9 Å². The molecule has 142 valence electrons. The predicted octanol–water partition coefficient (Wildman–Crippen LogP) is 6.67. The first-order valence-corrected chi connectivity index (χ1v) is 11.1. The van der Waals surface area contributed by atoms with Gasteiger partial charge in [-0.3, -0.25) is 5.43 Å². The summed E-state index contributed by atoms with van der Waals surface area (Å²) >= 11 is 3.24. The molecule has 0 spiro atoms. The summed E-state index contributed by atoms with van der Waals surface area (Å²) in [5.41, 5.74) is 4.97. The van der Waals surface area contributed by atoms with Gasteiger partial charge in [0.25, 0.3) is 0 Å². The molecule has 27 heavy (non-hydrogen) atoms. The number of nitrogens with zero attached hydrogens (tertiary/aromatic N) is 2. The number of hydrazone groups is 1. The van der Waals surface area contributed by atoms with Crippen LogP contribution in [0.4, 0.5) is 5.13 Å². The van der Waals surface area contributed by atoms with Gasteiger partial charge in [-0.05, 0) is 30.0 Å². The molecule has 0 saturated heterocycles. The summed E-state index contributed by atoms with van der Waals surface area (Å²) in [4.78, 5) is 5.73. The molecule has 4 nitrogen and oxygen atoms in total. The first-order chi connectivity index (χ1) is 13.4. The molecule has 0 radical (unpaired) electrons. The SMILES string of the molecule is CCCCCCCOc1ccccc1/C=N\Nc1nc(-c2cccs2)cs1. The Morgan fingerprint density at radius 3 is 2.81 bits per heavy atom. The Morgan fingerprint density at radius 1 is 1.07 bits per heavy atom. The Bertz CT molecular complexity index is 828. The number of unbranched alkanes of at least 4 members (excludes halogenated alkanes) is 4. The van der Waals surface area contributed by atoms with Crippen LogP contribution in [0.15, 0.2) is 52.3 Å². The highest BCUT2D eigenvalue weighted by Gasteiger charge is 2.05. The molecular weight excluding hydrogens is 374 g/mol. The number of rotatable bonds is 11. The van der Waals surface area contributed by atoms with Gasteiger partial charge < -0.3 is 4.74 Å². The monoisotopic (exact) mass is 399 g/mol. The van der Waals surface area contributed by atoms with E-state index in [0.717, 1.165) is 35.2 Å². The van der Waals surface area contributed by atoms with Crippen LogP contribution in [0.25, 0.3) is 10.6 Å². The Labute approximate surface area is 168 Å². The highest BCUT2D eigenvalue weighted by atomic mass is 32.1. The van der Waals surface area contributed by atoms with Gasteiger partial charge in [-0.2, -0.15) is 5.10 Å². The Kier molecular flexibility index (Phi) is 7.86. The molecule has 0 fully saturated rings. The maximum absolute atomic E-state index is 5.94. The van der Waals surface area contributed by atoms with Crippen molar-refractivity contribution in [3.63, 3.8) is 0 Å². The standard InChI is InChI=1S/C21H25N3OS2/c1-2-3-4-5-8-13-25-19-11-7-6-10-17(19)15-22-24-21-23-18(16-27-21)20-12-9-14-26-20/h6-7,9-12,14-16H,2-5,8,13H2,1H3,(H,23,24)/b22-15-. The summed E-state index contributed by atoms with van der Waals surface area (Å²) in [7, 11) is 0. The summed E-state index contributed by atoms with van der Waals surface area (Å²) in [5.74, 6) is 0.872. The van der Waals surface area contributed by atoms with Crippen molar-refractivity contribution in [3.05, 3.63) is 52.7 Å². The number of thiophene rings is 1. The second kappa shape index (κ2) is 10.8. The number of para-hydroxylation sites is 1. The van der Waals surface area contributed by atoms with Gasteiger partial charge in [-0.15, -0.1) is 22.7 Å². The minimum atomic E-state index is 0.749. The zero-order valence-corrected chi connectivity index (χ0v) is 17.2. The van der Waals surface area contributed by atoms with Crippen molar-refractivity contribution in [3.8, 4) is 16.3 Å². The van der Waals surface area contributed by atoms with Crippen LogP contribution >= 0.6 is 22.7 Å². The number of thiazole rings is 1. The van der Waals surface area contributed by atoms with Crippen LogP contribution in [0.2, 0.25) is 0 Å². The van der Waals surface area contributed by atoms with Gasteiger partial charge in [0, 0.05) is 10.9 Å². The van der Waals surface area contributed by atoms with Gasteiger partial charge in [0.2, 0.25) is 5.13 Å². The predicted molar refractivity (Wildman–Crippen MR) is 117 cm³/mol. The highest BCUT2D eigenvalue weighted by Crippen LogP contribution is 2.28. The fourth-order valence-corrected chi connectivity index (χ4v) is 4.05. The van der Waals surface area contributed by atoms with Crippen LogP contribution in [-0.2, 0) is 0 Å². The van der Waals surface area contributed by atoms with E-state index in [1.807, 2.05) is 35.7 Å². The summed E-state index contributed by atoms with van der Waals surface area (Å²) in [5, 5.41) is 9.21. The van der Waals surface area contributed by atoms with Crippen LogP contribution in [0.5, 0.6) is 5.75 Å². The third-order valence-electron chi connectivity index (χ3n) is 4.07. The van der Waals surface area contributed by atoms with E-state index in [0.29, 0.717) is 0 Å². The minimum absolute atomic E-state index is 0.749. The fourth-order valence-electron chi connectivity index (χ4n) is 2.63. The summed E-state index contributed by atoms with van der Waals surface area (Å²) in [6, 6.07) is 12.1. The molecule has 0 bridgehead atoms. The third-order valence-corrected chi connectivity index (χ3v) is 5.71. The van der Waals surface area contributed by atoms with E-state index in [4.69, 9.17) is 4.74 Å². The van der Waals surface area contributed by atoms with Crippen molar-refractivity contribution >= 4 is 34.0 Å². The van der Waals surface area contributed by atoms with Crippen molar-refractivity contribution in [2.45, 2.75) is 39.0 Å². The smallest absolute Gasteiger partial charge is 0.203 e. The second-order valence-corrected chi connectivity index (χ2v) is 7.99. The van der Waals surface area contributed by atoms with Crippen LogP contribution in [0, 0.1) is 0 Å². The average molecular weight is 400 g/mol. The number of ether oxygens (including phenoxy) is 1. The van der Waals surface area contributed by atoms with Crippen molar-refractivity contribution in [1.82, 2.24) is 4.98 Å². The zero-order chi connectivity index (χ0) is 18.7. The molecule has 3 rings (SSSR count). The molecule has 3 aromatic rings. The summed E-state index contributed by atoms with van der Waals surface area (Å²) < 4.78 is 5.94. The second-order valence-electron chi connectivity index (χ2n) is 6.19. The van der Waals surface area contributed by atoms with Gasteiger partial charge in [0.15, 0.2) is 0 Å². The summed E-state index contributed by atoms with van der Waals surface area (Å²) in [6.45, 7) is 2.98.